The van der Waals surface area contributed by atoms with Gasteiger partial charge in [0.05, 0.1) is 6.54 Å². The molecule has 2 aliphatic rings. The molecule has 0 spiro atoms. The fourth-order valence-corrected chi connectivity index (χ4v) is 3.22. The number of carbonyl (C=O) groups is 2. The Labute approximate surface area is 145 Å². The van der Waals surface area contributed by atoms with Gasteiger partial charge in [0.15, 0.2) is 5.82 Å². The van der Waals surface area contributed by atoms with E-state index in [2.05, 4.69) is 15.5 Å². The van der Waals surface area contributed by atoms with Crippen molar-refractivity contribution in [3.63, 3.8) is 0 Å². The van der Waals surface area contributed by atoms with Gasteiger partial charge in [-0.2, -0.15) is 4.98 Å². The summed E-state index contributed by atoms with van der Waals surface area (Å²) in [4.78, 5) is 30.6. The van der Waals surface area contributed by atoms with Crippen molar-refractivity contribution in [1.82, 2.24) is 20.4 Å². The molecule has 130 valence electrons. The number of aromatic nitrogens is 2. The Hall–Kier alpha value is -2.70. The normalized spacial score (nSPS) is 19.4. The summed E-state index contributed by atoms with van der Waals surface area (Å²) >= 11 is 0. The van der Waals surface area contributed by atoms with Crippen LogP contribution in [0.4, 0.5) is 0 Å². The SMILES string of the molecule is CC(=O)N1Cc2ccccc2C[C@@H]1C(=O)NCc1nc(C2CC2)no1. The topological polar surface area (TPSA) is 88.3 Å². The van der Waals surface area contributed by atoms with Crippen molar-refractivity contribution in [3.8, 4) is 0 Å². The van der Waals surface area contributed by atoms with E-state index in [1.807, 2.05) is 24.3 Å². The summed E-state index contributed by atoms with van der Waals surface area (Å²) in [6.45, 7) is 2.13. The molecule has 0 saturated heterocycles. The molecule has 1 aromatic carbocycles. The van der Waals surface area contributed by atoms with Crippen LogP contribution in [0.15, 0.2) is 28.8 Å². The number of rotatable bonds is 4. The monoisotopic (exact) mass is 340 g/mol. The first kappa shape index (κ1) is 15.8. The number of carbonyl (C=O) groups excluding carboxylic acids is 2. The zero-order valence-electron chi connectivity index (χ0n) is 14.1. The van der Waals surface area contributed by atoms with Gasteiger partial charge in [-0.15, -0.1) is 0 Å². The van der Waals surface area contributed by atoms with E-state index in [0.29, 0.717) is 24.8 Å². The summed E-state index contributed by atoms with van der Waals surface area (Å²) in [5.41, 5.74) is 2.20. The molecular weight excluding hydrogens is 320 g/mol. The van der Waals surface area contributed by atoms with Crippen LogP contribution >= 0.6 is 0 Å². The zero-order chi connectivity index (χ0) is 17.4. The predicted molar refractivity (Wildman–Crippen MR) is 88.3 cm³/mol. The largest absolute Gasteiger partial charge is 0.345 e. The fourth-order valence-electron chi connectivity index (χ4n) is 3.22. The van der Waals surface area contributed by atoms with E-state index >= 15 is 0 Å². The number of nitrogens with zero attached hydrogens (tertiary/aromatic N) is 3. The number of amides is 2. The first-order valence-electron chi connectivity index (χ1n) is 8.56. The highest BCUT2D eigenvalue weighted by atomic mass is 16.5. The number of nitrogens with one attached hydrogen (secondary N) is 1. The fraction of sp³-hybridized carbons (Fsp3) is 0.444. The molecule has 0 radical (unpaired) electrons. The number of fused-ring (bicyclic) bond motifs is 1. The van der Waals surface area contributed by atoms with Crippen LogP contribution in [-0.4, -0.2) is 32.9 Å². The highest BCUT2D eigenvalue weighted by Crippen LogP contribution is 2.38. The van der Waals surface area contributed by atoms with Crippen LogP contribution in [0, 0.1) is 0 Å². The summed E-state index contributed by atoms with van der Waals surface area (Å²) in [6.07, 6.45) is 2.71. The highest BCUT2D eigenvalue weighted by Gasteiger charge is 2.33. The summed E-state index contributed by atoms with van der Waals surface area (Å²) in [5, 5.41) is 6.77. The molecule has 0 bridgehead atoms. The van der Waals surface area contributed by atoms with Crippen LogP contribution in [-0.2, 0) is 29.1 Å². The third kappa shape index (κ3) is 3.26. The van der Waals surface area contributed by atoms with Crippen LogP contribution in [0.5, 0.6) is 0 Å². The molecule has 25 heavy (non-hydrogen) atoms. The lowest BCUT2D eigenvalue weighted by Crippen LogP contribution is -2.51. The first-order valence-corrected chi connectivity index (χ1v) is 8.56. The summed E-state index contributed by atoms with van der Waals surface area (Å²) in [5.74, 6) is 1.23. The van der Waals surface area contributed by atoms with Gasteiger partial charge < -0.3 is 14.7 Å². The van der Waals surface area contributed by atoms with Crippen LogP contribution in [0.1, 0.15) is 48.5 Å². The van der Waals surface area contributed by atoms with Crippen molar-refractivity contribution in [2.45, 2.75) is 51.2 Å². The quantitative estimate of drug-likeness (QED) is 0.912. The highest BCUT2D eigenvalue weighted by molar-refractivity contribution is 5.87. The third-order valence-electron chi connectivity index (χ3n) is 4.80. The molecule has 1 atom stereocenters. The van der Waals surface area contributed by atoms with Crippen molar-refractivity contribution in [2.75, 3.05) is 0 Å². The maximum absolute atomic E-state index is 12.7. The van der Waals surface area contributed by atoms with Gasteiger partial charge >= 0.3 is 0 Å². The molecule has 1 N–H and O–H groups in total. The maximum Gasteiger partial charge on any atom is 0.246 e. The van der Waals surface area contributed by atoms with Gasteiger partial charge in [-0.3, -0.25) is 9.59 Å². The molecule has 1 saturated carbocycles. The van der Waals surface area contributed by atoms with Gasteiger partial charge in [0, 0.05) is 25.8 Å². The Morgan fingerprint density at radius 2 is 2.04 bits per heavy atom. The standard InChI is InChI=1S/C18H20N4O3/c1-11(23)22-10-14-5-3-2-4-13(14)8-15(22)18(24)19-9-16-20-17(21-25-16)12-6-7-12/h2-5,12,15H,6-10H2,1H3,(H,19,24)/t15-/m1/s1. The smallest absolute Gasteiger partial charge is 0.246 e. The van der Waals surface area contributed by atoms with Gasteiger partial charge in [-0.1, -0.05) is 29.4 Å². The molecule has 7 heteroatoms. The van der Waals surface area contributed by atoms with Gasteiger partial charge in [0.1, 0.15) is 6.04 Å². The lowest BCUT2D eigenvalue weighted by molar-refractivity contribution is -0.140. The van der Waals surface area contributed by atoms with Crippen molar-refractivity contribution in [2.24, 2.45) is 0 Å². The molecule has 2 amide bonds. The van der Waals surface area contributed by atoms with Crippen LogP contribution < -0.4 is 5.32 Å². The summed E-state index contributed by atoms with van der Waals surface area (Å²) < 4.78 is 5.18. The van der Waals surface area contributed by atoms with Gasteiger partial charge in [0.2, 0.25) is 17.7 Å². The van der Waals surface area contributed by atoms with Crippen LogP contribution in [0.25, 0.3) is 0 Å². The van der Waals surface area contributed by atoms with E-state index in [1.165, 1.54) is 6.92 Å². The molecule has 7 nitrogen and oxygen atoms in total. The van der Waals surface area contributed by atoms with E-state index in [9.17, 15) is 9.59 Å². The number of hydrogen-bond acceptors (Lipinski definition) is 5. The first-order chi connectivity index (χ1) is 12.1. The minimum absolute atomic E-state index is 0.108. The van der Waals surface area contributed by atoms with Crippen molar-refractivity contribution < 1.29 is 14.1 Å². The molecular formula is C18H20N4O3. The number of benzene rings is 1. The molecule has 0 unspecified atom stereocenters. The van der Waals surface area contributed by atoms with Gasteiger partial charge in [-0.25, -0.2) is 0 Å². The van der Waals surface area contributed by atoms with E-state index < -0.39 is 6.04 Å². The van der Waals surface area contributed by atoms with E-state index in [4.69, 9.17) is 4.52 Å². The minimum Gasteiger partial charge on any atom is -0.345 e. The lowest BCUT2D eigenvalue weighted by Gasteiger charge is -2.35. The predicted octanol–water partition coefficient (Wildman–Crippen LogP) is 1.54. The second-order valence-corrected chi connectivity index (χ2v) is 6.67. The van der Waals surface area contributed by atoms with Crippen molar-refractivity contribution in [3.05, 3.63) is 47.1 Å². The minimum atomic E-state index is -0.516. The van der Waals surface area contributed by atoms with E-state index in [-0.39, 0.29) is 18.4 Å². The Morgan fingerprint density at radius 3 is 2.76 bits per heavy atom. The van der Waals surface area contributed by atoms with E-state index in [0.717, 1.165) is 29.8 Å². The molecule has 1 aromatic heterocycles. The second-order valence-electron chi connectivity index (χ2n) is 6.67. The molecule has 1 aliphatic heterocycles. The summed E-state index contributed by atoms with van der Waals surface area (Å²) in [6, 6.07) is 7.39. The van der Waals surface area contributed by atoms with Crippen molar-refractivity contribution in [1.29, 1.82) is 0 Å². The Kier molecular flexibility index (Phi) is 3.99. The van der Waals surface area contributed by atoms with Gasteiger partial charge in [0.25, 0.3) is 0 Å². The number of hydrogen-bond donors (Lipinski definition) is 1. The third-order valence-corrected chi connectivity index (χ3v) is 4.80. The van der Waals surface area contributed by atoms with Crippen LogP contribution in [0.3, 0.4) is 0 Å². The lowest BCUT2D eigenvalue weighted by atomic mass is 9.93. The average Bonchev–Trinajstić information content (AvgIpc) is 3.37. The van der Waals surface area contributed by atoms with Crippen molar-refractivity contribution >= 4 is 11.8 Å². The Balaban J connectivity index is 1.44. The van der Waals surface area contributed by atoms with E-state index in [1.54, 1.807) is 4.90 Å². The molecule has 1 fully saturated rings. The molecule has 2 heterocycles. The zero-order valence-corrected chi connectivity index (χ0v) is 14.1. The molecule has 2 aromatic rings. The molecule has 1 aliphatic carbocycles. The maximum atomic E-state index is 12.7. The van der Waals surface area contributed by atoms with Crippen LogP contribution in [0.2, 0.25) is 0 Å². The average molecular weight is 340 g/mol. The Morgan fingerprint density at radius 1 is 1.28 bits per heavy atom. The summed E-state index contributed by atoms with van der Waals surface area (Å²) in [7, 11) is 0. The molecule has 4 rings (SSSR count). The second kappa shape index (κ2) is 6.31. The van der Waals surface area contributed by atoms with Gasteiger partial charge in [-0.05, 0) is 24.0 Å². The Bertz CT molecular complexity index is 812.